The van der Waals surface area contributed by atoms with Crippen LogP contribution < -0.4 is 5.32 Å². The van der Waals surface area contributed by atoms with E-state index in [0.717, 1.165) is 56.3 Å². The smallest absolute Gasteiger partial charge is 0.305 e. The Morgan fingerprint density at radius 3 is 2.55 bits per heavy atom. The van der Waals surface area contributed by atoms with Crippen molar-refractivity contribution in [1.29, 1.82) is 0 Å². The number of methoxy groups -OCH3 is 1. The van der Waals surface area contributed by atoms with Crippen molar-refractivity contribution in [2.45, 2.75) is 103 Å². The van der Waals surface area contributed by atoms with Crippen LogP contribution in [0.2, 0.25) is 0 Å². The maximum absolute atomic E-state index is 12.7. The maximum atomic E-state index is 12.7. The van der Waals surface area contributed by atoms with Gasteiger partial charge in [0.15, 0.2) is 0 Å². The van der Waals surface area contributed by atoms with Crippen LogP contribution in [0.5, 0.6) is 0 Å². The number of ether oxygens (including phenoxy) is 1. The molecule has 6 atom stereocenters. The molecule has 0 unspecified atom stereocenters. The SMILES string of the molecule is COC(=O)CCCCCCC(=O)N[C@H]1CC[C@@]2(C)C(=CC[C@@H]3[C@@H]2CC[C@]2(C)C(c4cccnc4)=CC[C@@H]32)C1. The van der Waals surface area contributed by atoms with E-state index in [1.54, 1.807) is 5.57 Å². The summed E-state index contributed by atoms with van der Waals surface area (Å²) in [4.78, 5) is 28.3. The van der Waals surface area contributed by atoms with Gasteiger partial charge in [-0.05, 0) is 104 Å². The second-order valence-electron chi connectivity index (χ2n) is 12.8. The quantitative estimate of drug-likeness (QED) is 0.216. The highest BCUT2D eigenvalue weighted by Crippen LogP contribution is 2.66. The topological polar surface area (TPSA) is 68.3 Å². The molecule has 1 N–H and O–H groups in total. The first kappa shape index (κ1) is 27.1. The Balaban J connectivity index is 1.15. The lowest BCUT2D eigenvalue weighted by atomic mass is 9.47. The van der Waals surface area contributed by atoms with Crippen LogP contribution in [0.3, 0.4) is 0 Å². The average Bonchev–Trinajstić information content (AvgIpc) is 3.28. The number of nitrogens with one attached hydrogen (secondary N) is 1. The van der Waals surface area contributed by atoms with Gasteiger partial charge in [0, 0.05) is 31.3 Å². The summed E-state index contributed by atoms with van der Waals surface area (Å²) in [6.07, 6.45) is 22.0. The minimum absolute atomic E-state index is 0.146. The molecular formula is C33H46N2O3. The molecule has 38 heavy (non-hydrogen) atoms. The van der Waals surface area contributed by atoms with Crippen LogP contribution >= 0.6 is 0 Å². The standard InChI is InChI=1S/C33H46N2O3/c1-32-18-16-25(35-30(36)10-6-4-5-7-11-31(37)38-3)21-24(32)12-13-26-28-15-14-27(23-9-8-20-34-22-23)33(28,2)19-17-29(26)32/h8-9,12,14,20,22,25-26,28-29H,4-7,10-11,13,15-19,21H2,1-3H3,(H,35,36)/t25-,26-,28-,29-,32-,33+/m0/s1. The van der Waals surface area contributed by atoms with Crippen LogP contribution in [0.1, 0.15) is 103 Å². The largest absolute Gasteiger partial charge is 0.469 e. The minimum Gasteiger partial charge on any atom is -0.469 e. The van der Waals surface area contributed by atoms with Crippen LogP contribution in [0.4, 0.5) is 0 Å². The molecule has 206 valence electrons. The number of amides is 1. The molecule has 0 radical (unpaired) electrons. The Hall–Kier alpha value is -2.43. The normalized spacial score (nSPS) is 33.8. The Kier molecular flexibility index (Phi) is 8.11. The highest BCUT2D eigenvalue weighted by Gasteiger charge is 2.56. The third-order valence-corrected chi connectivity index (χ3v) is 10.8. The maximum Gasteiger partial charge on any atom is 0.305 e. The lowest BCUT2D eigenvalue weighted by Crippen LogP contribution is -2.51. The van der Waals surface area contributed by atoms with E-state index in [0.29, 0.717) is 12.8 Å². The minimum atomic E-state index is -0.146. The lowest BCUT2D eigenvalue weighted by molar-refractivity contribution is -0.140. The first-order valence-corrected chi connectivity index (χ1v) is 15.0. The summed E-state index contributed by atoms with van der Waals surface area (Å²) >= 11 is 0. The Labute approximate surface area is 228 Å². The molecule has 4 aliphatic rings. The fourth-order valence-electron chi connectivity index (χ4n) is 8.63. The zero-order chi connectivity index (χ0) is 26.8. The summed E-state index contributed by atoms with van der Waals surface area (Å²) in [7, 11) is 1.43. The van der Waals surface area contributed by atoms with Gasteiger partial charge in [0.25, 0.3) is 0 Å². The van der Waals surface area contributed by atoms with Crippen molar-refractivity contribution in [3.63, 3.8) is 0 Å². The number of pyridine rings is 1. The fraction of sp³-hybridized carbons (Fsp3) is 0.667. The van der Waals surface area contributed by atoms with Gasteiger partial charge in [0.05, 0.1) is 7.11 Å². The van der Waals surface area contributed by atoms with E-state index in [4.69, 9.17) is 0 Å². The van der Waals surface area contributed by atoms with Crippen LogP contribution in [0, 0.1) is 28.6 Å². The van der Waals surface area contributed by atoms with E-state index < -0.39 is 0 Å². The number of esters is 1. The van der Waals surface area contributed by atoms with Crippen molar-refractivity contribution in [1.82, 2.24) is 10.3 Å². The number of carbonyl (C=O) groups excluding carboxylic acids is 2. The lowest BCUT2D eigenvalue weighted by Gasteiger charge is -2.58. The summed E-state index contributed by atoms with van der Waals surface area (Å²) in [6, 6.07) is 4.58. The second-order valence-corrected chi connectivity index (χ2v) is 12.8. The van der Waals surface area contributed by atoms with E-state index in [-0.39, 0.29) is 28.7 Å². The number of hydrogen-bond donors (Lipinski definition) is 1. The zero-order valence-electron chi connectivity index (χ0n) is 23.6. The second kappa shape index (κ2) is 11.4. The van der Waals surface area contributed by atoms with Crippen LogP contribution in [-0.4, -0.2) is 30.0 Å². The van der Waals surface area contributed by atoms with Crippen molar-refractivity contribution >= 4 is 17.4 Å². The van der Waals surface area contributed by atoms with Gasteiger partial charge < -0.3 is 10.1 Å². The van der Waals surface area contributed by atoms with E-state index in [1.165, 1.54) is 50.4 Å². The first-order valence-electron chi connectivity index (χ1n) is 15.0. The van der Waals surface area contributed by atoms with E-state index in [9.17, 15) is 9.59 Å². The van der Waals surface area contributed by atoms with Gasteiger partial charge in [-0.3, -0.25) is 14.6 Å². The zero-order valence-corrected chi connectivity index (χ0v) is 23.6. The van der Waals surface area contributed by atoms with Crippen LogP contribution in [0.15, 0.2) is 42.3 Å². The molecule has 1 aromatic heterocycles. The fourth-order valence-corrected chi connectivity index (χ4v) is 8.63. The van der Waals surface area contributed by atoms with Gasteiger partial charge in [-0.2, -0.15) is 0 Å². The van der Waals surface area contributed by atoms with Crippen LogP contribution in [0.25, 0.3) is 5.57 Å². The van der Waals surface area contributed by atoms with Gasteiger partial charge in [-0.1, -0.05) is 50.5 Å². The van der Waals surface area contributed by atoms with Crippen molar-refractivity contribution in [3.8, 4) is 0 Å². The summed E-state index contributed by atoms with van der Waals surface area (Å²) < 4.78 is 4.69. The predicted molar refractivity (Wildman–Crippen MR) is 151 cm³/mol. The molecule has 5 nitrogen and oxygen atoms in total. The predicted octanol–water partition coefficient (Wildman–Crippen LogP) is 7.04. The molecule has 4 aliphatic carbocycles. The van der Waals surface area contributed by atoms with Crippen molar-refractivity contribution in [2.75, 3.05) is 7.11 Å². The molecule has 0 aliphatic heterocycles. The van der Waals surface area contributed by atoms with Gasteiger partial charge >= 0.3 is 5.97 Å². The van der Waals surface area contributed by atoms with Crippen LogP contribution in [-0.2, 0) is 14.3 Å². The molecule has 0 saturated heterocycles. The van der Waals surface area contributed by atoms with Crippen molar-refractivity contribution < 1.29 is 14.3 Å². The molecule has 5 heteroatoms. The Bertz CT molecular complexity index is 1080. The number of hydrogen-bond acceptors (Lipinski definition) is 4. The Morgan fingerprint density at radius 2 is 1.79 bits per heavy atom. The first-order chi connectivity index (χ1) is 18.3. The molecule has 1 aromatic rings. The molecule has 2 saturated carbocycles. The van der Waals surface area contributed by atoms with Gasteiger partial charge in [-0.15, -0.1) is 0 Å². The van der Waals surface area contributed by atoms with Crippen molar-refractivity contribution in [2.24, 2.45) is 28.6 Å². The summed E-state index contributed by atoms with van der Waals surface area (Å²) in [5.74, 6) is 2.26. The summed E-state index contributed by atoms with van der Waals surface area (Å²) in [5, 5.41) is 3.36. The monoisotopic (exact) mass is 518 g/mol. The van der Waals surface area contributed by atoms with Gasteiger partial charge in [-0.25, -0.2) is 0 Å². The summed E-state index contributed by atoms with van der Waals surface area (Å²) in [6.45, 7) is 5.06. The number of nitrogens with zero attached hydrogens (tertiary/aromatic N) is 1. The third kappa shape index (κ3) is 5.22. The highest BCUT2D eigenvalue weighted by molar-refractivity contribution is 5.76. The molecule has 1 heterocycles. The van der Waals surface area contributed by atoms with E-state index in [2.05, 4.69) is 53.2 Å². The number of unbranched alkanes of at least 4 members (excludes halogenated alkanes) is 3. The number of allylic oxidation sites excluding steroid dienone is 3. The number of carbonyl (C=O) groups is 2. The number of rotatable bonds is 9. The molecule has 5 rings (SSSR count). The van der Waals surface area contributed by atoms with Crippen molar-refractivity contribution in [3.05, 3.63) is 47.8 Å². The van der Waals surface area contributed by atoms with E-state index in [1.807, 2.05) is 12.4 Å². The molecule has 1 amide bonds. The molecule has 0 spiro atoms. The number of aromatic nitrogens is 1. The highest BCUT2D eigenvalue weighted by atomic mass is 16.5. The number of fused-ring (bicyclic) bond motifs is 5. The third-order valence-electron chi connectivity index (χ3n) is 10.8. The van der Waals surface area contributed by atoms with E-state index >= 15 is 0 Å². The molecular weight excluding hydrogens is 472 g/mol. The van der Waals surface area contributed by atoms with Gasteiger partial charge in [0.2, 0.25) is 5.91 Å². The average molecular weight is 519 g/mol. The molecule has 0 aromatic carbocycles. The molecule has 2 fully saturated rings. The summed E-state index contributed by atoms with van der Waals surface area (Å²) in [5.41, 5.74) is 4.99. The molecule has 0 bridgehead atoms. The Morgan fingerprint density at radius 1 is 1.00 bits per heavy atom. The van der Waals surface area contributed by atoms with Gasteiger partial charge in [0.1, 0.15) is 0 Å².